The summed E-state index contributed by atoms with van der Waals surface area (Å²) in [5, 5.41) is 5.53. The molecule has 0 bridgehead atoms. The van der Waals surface area contributed by atoms with Crippen LogP contribution in [-0.4, -0.2) is 19.7 Å². The number of thiophene rings is 1. The number of hydrogen-bond acceptors (Lipinski definition) is 3. The van der Waals surface area contributed by atoms with Gasteiger partial charge in [-0.25, -0.2) is 0 Å². The smallest absolute Gasteiger partial charge is 0.119 e. The van der Waals surface area contributed by atoms with E-state index >= 15 is 0 Å². The highest BCUT2D eigenvalue weighted by atomic mass is 32.1. The maximum absolute atomic E-state index is 5.72. The molecule has 0 aliphatic rings. The monoisotopic (exact) mass is 289 g/mol. The van der Waals surface area contributed by atoms with Gasteiger partial charge in [-0.15, -0.1) is 11.3 Å². The van der Waals surface area contributed by atoms with E-state index in [0.717, 1.165) is 38.3 Å². The lowest BCUT2D eigenvalue weighted by atomic mass is 10.1. The number of benzene rings is 1. The van der Waals surface area contributed by atoms with E-state index in [1.165, 1.54) is 16.9 Å². The molecule has 2 aromatic rings. The number of aryl methyl sites for hydroxylation is 1. The summed E-state index contributed by atoms with van der Waals surface area (Å²) in [6.45, 7) is 4.82. The Bertz CT molecular complexity index is 464. The van der Waals surface area contributed by atoms with E-state index in [1.54, 1.807) is 0 Å². The van der Waals surface area contributed by atoms with E-state index in [9.17, 15) is 0 Å². The average Bonchev–Trinajstić information content (AvgIpc) is 2.98. The van der Waals surface area contributed by atoms with Crippen molar-refractivity contribution in [1.82, 2.24) is 5.32 Å². The van der Waals surface area contributed by atoms with Crippen LogP contribution in [0.2, 0.25) is 0 Å². The Morgan fingerprint density at radius 1 is 1.05 bits per heavy atom. The van der Waals surface area contributed by atoms with E-state index < -0.39 is 0 Å². The zero-order valence-corrected chi connectivity index (χ0v) is 12.9. The molecule has 2 rings (SSSR count). The predicted molar refractivity (Wildman–Crippen MR) is 86.8 cm³/mol. The molecule has 0 saturated carbocycles. The van der Waals surface area contributed by atoms with Crippen molar-refractivity contribution >= 4 is 11.3 Å². The molecule has 0 atom stereocenters. The lowest BCUT2D eigenvalue weighted by Gasteiger charge is -2.08. The first kappa shape index (κ1) is 15.1. The van der Waals surface area contributed by atoms with Crippen LogP contribution in [0.3, 0.4) is 0 Å². The molecule has 0 amide bonds. The summed E-state index contributed by atoms with van der Waals surface area (Å²) in [5.41, 5.74) is 1.38. The van der Waals surface area contributed by atoms with Crippen LogP contribution in [0.4, 0.5) is 0 Å². The minimum absolute atomic E-state index is 0.720. The van der Waals surface area contributed by atoms with Crippen molar-refractivity contribution in [3.63, 3.8) is 0 Å². The fourth-order valence-electron chi connectivity index (χ4n) is 2.07. The molecule has 1 N–H and O–H groups in total. The minimum Gasteiger partial charge on any atom is -0.492 e. The zero-order chi connectivity index (χ0) is 14.0. The third-order valence-corrected chi connectivity index (χ3v) is 4.07. The molecule has 0 spiro atoms. The molecule has 0 aliphatic carbocycles. The highest BCUT2D eigenvalue weighted by Gasteiger charge is 1.96. The molecule has 1 aromatic heterocycles. The molecule has 108 valence electrons. The molecule has 0 unspecified atom stereocenters. The summed E-state index contributed by atoms with van der Waals surface area (Å²) in [4.78, 5) is 1.44. The predicted octanol–water partition coefficient (Wildman–Crippen LogP) is 3.91. The van der Waals surface area contributed by atoms with Gasteiger partial charge in [0.1, 0.15) is 12.4 Å². The fourth-order valence-corrected chi connectivity index (χ4v) is 2.78. The Kier molecular flexibility index (Phi) is 6.61. The van der Waals surface area contributed by atoms with Crippen LogP contribution < -0.4 is 10.1 Å². The van der Waals surface area contributed by atoms with Crippen molar-refractivity contribution in [3.05, 3.63) is 52.2 Å². The molecule has 1 heterocycles. The SMILES string of the molecule is CCCc1ccc(OCCNCCc2cccs2)cc1. The first-order chi connectivity index (χ1) is 9.88. The van der Waals surface area contributed by atoms with Gasteiger partial charge in [-0.05, 0) is 42.0 Å². The molecular formula is C17H23NOS. The average molecular weight is 289 g/mol. The van der Waals surface area contributed by atoms with Crippen LogP contribution in [0, 0.1) is 0 Å². The normalized spacial score (nSPS) is 10.7. The van der Waals surface area contributed by atoms with Gasteiger partial charge in [0, 0.05) is 18.0 Å². The van der Waals surface area contributed by atoms with Crippen molar-refractivity contribution in [3.8, 4) is 5.75 Å². The van der Waals surface area contributed by atoms with Gasteiger partial charge in [-0.2, -0.15) is 0 Å². The lowest BCUT2D eigenvalue weighted by molar-refractivity contribution is 0.314. The third-order valence-electron chi connectivity index (χ3n) is 3.14. The zero-order valence-electron chi connectivity index (χ0n) is 12.1. The minimum atomic E-state index is 0.720. The van der Waals surface area contributed by atoms with E-state index in [0.29, 0.717) is 0 Å². The van der Waals surface area contributed by atoms with Crippen molar-refractivity contribution in [2.45, 2.75) is 26.2 Å². The Balaban J connectivity index is 1.56. The van der Waals surface area contributed by atoms with Crippen molar-refractivity contribution in [2.24, 2.45) is 0 Å². The van der Waals surface area contributed by atoms with Gasteiger partial charge in [-0.3, -0.25) is 0 Å². The van der Waals surface area contributed by atoms with Gasteiger partial charge in [0.05, 0.1) is 0 Å². The van der Waals surface area contributed by atoms with Crippen molar-refractivity contribution < 1.29 is 4.74 Å². The van der Waals surface area contributed by atoms with Crippen molar-refractivity contribution in [2.75, 3.05) is 19.7 Å². The molecule has 3 heteroatoms. The Morgan fingerprint density at radius 2 is 1.90 bits per heavy atom. The summed E-state index contributed by atoms with van der Waals surface area (Å²) < 4.78 is 5.72. The van der Waals surface area contributed by atoms with Crippen LogP contribution in [0.5, 0.6) is 5.75 Å². The van der Waals surface area contributed by atoms with Crippen LogP contribution in [-0.2, 0) is 12.8 Å². The van der Waals surface area contributed by atoms with Crippen LogP contribution in [0.1, 0.15) is 23.8 Å². The number of nitrogens with one attached hydrogen (secondary N) is 1. The highest BCUT2D eigenvalue weighted by Crippen LogP contribution is 2.13. The Morgan fingerprint density at radius 3 is 2.60 bits per heavy atom. The molecular weight excluding hydrogens is 266 g/mol. The fraction of sp³-hybridized carbons (Fsp3) is 0.412. The van der Waals surface area contributed by atoms with Crippen LogP contribution in [0.15, 0.2) is 41.8 Å². The second-order valence-electron chi connectivity index (χ2n) is 4.82. The standard InChI is InChI=1S/C17H23NOS/c1-2-4-15-6-8-16(9-7-15)19-13-12-18-11-10-17-5-3-14-20-17/h3,5-9,14,18H,2,4,10-13H2,1H3. The summed E-state index contributed by atoms with van der Waals surface area (Å²) in [5.74, 6) is 0.963. The molecule has 0 fully saturated rings. The topological polar surface area (TPSA) is 21.3 Å². The van der Waals surface area contributed by atoms with Crippen LogP contribution in [0.25, 0.3) is 0 Å². The van der Waals surface area contributed by atoms with Gasteiger partial charge in [0.25, 0.3) is 0 Å². The summed E-state index contributed by atoms with van der Waals surface area (Å²) in [6, 6.07) is 12.7. The van der Waals surface area contributed by atoms with E-state index in [4.69, 9.17) is 4.74 Å². The molecule has 0 saturated heterocycles. The quantitative estimate of drug-likeness (QED) is 0.707. The second-order valence-corrected chi connectivity index (χ2v) is 5.85. The Labute approximate surface area is 125 Å². The van der Waals surface area contributed by atoms with Gasteiger partial charge in [0.2, 0.25) is 0 Å². The number of ether oxygens (including phenoxy) is 1. The van der Waals surface area contributed by atoms with Gasteiger partial charge >= 0.3 is 0 Å². The largest absolute Gasteiger partial charge is 0.492 e. The third kappa shape index (κ3) is 5.35. The van der Waals surface area contributed by atoms with E-state index in [-0.39, 0.29) is 0 Å². The molecule has 20 heavy (non-hydrogen) atoms. The summed E-state index contributed by atoms with van der Waals surface area (Å²) >= 11 is 1.82. The summed E-state index contributed by atoms with van der Waals surface area (Å²) in [6.07, 6.45) is 3.43. The van der Waals surface area contributed by atoms with Gasteiger partial charge < -0.3 is 10.1 Å². The molecule has 2 nitrogen and oxygen atoms in total. The van der Waals surface area contributed by atoms with Gasteiger partial charge in [0.15, 0.2) is 0 Å². The van der Waals surface area contributed by atoms with Crippen molar-refractivity contribution in [1.29, 1.82) is 0 Å². The first-order valence-corrected chi connectivity index (χ1v) is 8.21. The molecule has 1 aromatic carbocycles. The second kappa shape index (κ2) is 8.77. The Hall–Kier alpha value is -1.32. The highest BCUT2D eigenvalue weighted by molar-refractivity contribution is 7.09. The maximum atomic E-state index is 5.72. The lowest BCUT2D eigenvalue weighted by Crippen LogP contribution is -2.23. The molecule has 0 radical (unpaired) electrons. The van der Waals surface area contributed by atoms with E-state index in [2.05, 4.69) is 54.0 Å². The van der Waals surface area contributed by atoms with Gasteiger partial charge in [-0.1, -0.05) is 31.5 Å². The van der Waals surface area contributed by atoms with Crippen LogP contribution >= 0.6 is 11.3 Å². The maximum Gasteiger partial charge on any atom is 0.119 e. The summed E-state index contributed by atoms with van der Waals surface area (Å²) in [7, 11) is 0. The molecule has 0 aliphatic heterocycles. The first-order valence-electron chi connectivity index (χ1n) is 7.33. The van der Waals surface area contributed by atoms with E-state index in [1.807, 2.05) is 11.3 Å². The number of hydrogen-bond donors (Lipinski definition) is 1. The number of rotatable bonds is 9.